The van der Waals surface area contributed by atoms with Gasteiger partial charge < -0.3 is 15.3 Å². The van der Waals surface area contributed by atoms with Crippen molar-refractivity contribution in [2.45, 2.75) is 59.2 Å². The zero-order chi connectivity index (χ0) is 31.7. The molecule has 0 bridgehead atoms. The molecular weight excluding hydrogens is 639 g/mol. The number of carbonyl (C=O) groups is 4. The van der Waals surface area contributed by atoms with Crippen LogP contribution in [0.1, 0.15) is 47.3 Å². The molecule has 2 aliphatic rings. The van der Waals surface area contributed by atoms with Gasteiger partial charge >= 0.3 is 5.97 Å². The van der Waals surface area contributed by atoms with Gasteiger partial charge in [0, 0.05) is 30.3 Å². The van der Waals surface area contributed by atoms with E-state index >= 15 is 0 Å². The quantitative estimate of drug-likeness (QED) is 0.220. The molecule has 4 aromatic heterocycles. The Bertz CT molecular complexity index is 1910. The van der Waals surface area contributed by atoms with Crippen LogP contribution in [0.3, 0.4) is 0 Å². The summed E-state index contributed by atoms with van der Waals surface area (Å²) in [5.41, 5.74) is 1.36. The normalized spacial score (nSPS) is 20.5. The summed E-state index contributed by atoms with van der Waals surface area (Å²) in [6, 6.07) is 1.08. The number of pyridine rings is 2. The van der Waals surface area contributed by atoms with Crippen LogP contribution in [-0.4, -0.2) is 75.4 Å². The van der Waals surface area contributed by atoms with Crippen molar-refractivity contribution in [1.82, 2.24) is 34.6 Å². The molecule has 2 fully saturated rings. The number of aromatic nitrogens is 6. The minimum Gasteiger partial charge on any atom is -0.481 e. The van der Waals surface area contributed by atoms with Crippen LogP contribution in [-0.2, 0) is 20.9 Å². The molecule has 0 spiro atoms. The summed E-state index contributed by atoms with van der Waals surface area (Å²) in [6.45, 7) is 6.06. The number of nitrogens with one attached hydrogen (secondary N) is 1. The molecule has 13 nitrogen and oxygen atoms in total. The van der Waals surface area contributed by atoms with Gasteiger partial charge in [-0.2, -0.15) is 5.10 Å². The summed E-state index contributed by atoms with van der Waals surface area (Å²) in [4.78, 5) is 70.6. The number of rotatable bonds is 7. The number of Topliss-reactive ketones (excluding diaryl/α,β-unsaturated/α-hetero) is 1. The molecule has 2 amide bonds. The zero-order valence-electron chi connectivity index (χ0n) is 24.1. The Balaban J connectivity index is 1.34. The van der Waals surface area contributed by atoms with Crippen LogP contribution < -0.4 is 5.32 Å². The van der Waals surface area contributed by atoms with Gasteiger partial charge in [-0.3, -0.25) is 28.8 Å². The summed E-state index contributed by atoms with van der Waals surface area (Å²) >= 11 is 3.00. The first-order valence-corrected chi connectivity index (χ1v) is 14.5. The van der Waals surface area contributed by atoms with E-state index in [2.05, 4.69) is 46.3 Å². The molecule has 4 aromatic rings. The van der Waals surface area contributed by atoms with Gasteiger partial charge in [0.15, 0.2) is 11.6 Å². The third-order valence-corrected chi connectivity index (χ3v) is 8.80. The van der Waals surface area contributed by atoms with Crippen molar-refractivity contribution in [2.24, 2.45) is 5.41 Å². The maximum atomic E-state index is 13.9. The second kappa shape index (κ2) is 10.5. The summed E-state index contributed by atoms with van der Waals surface area (Å²) in [5.74, 6) is -2.53. The largest absolute Gasteiger partial charge is 0.481 e. The molecule has 3 atom stereocenters. The van der Waals surface area contributed by atoms with E-state index < -0.39 is 41.1 Å². The lowest BCUT2D eigenvalue weighted by atomic mass is 9.99. The number of hydrogen-bond donors (Lipinski definition) is 2. The maximum Gasteiger partial charge on any atom is 0.311 e. The molecule has 6 rings (SSSR count). The summed E-state index contributed by atoms with van der Waals surface area (Å²) in [5, 5.41) is 17.5. The first kappa shape index (κ1) is 29.4. The number of aliphatic carboxylic acids is 1. The van der Waals surface area contributed by atoms with Gasteiger partial charge in [0.05, 0.1) is 28.4 Å². The van der Waals surface area contributed by atoms with Crippen LogP contribution in [0.15, 0.2) is 29.1 Å². The van der Waals surface area contributed by atoms with Gasteiger partial charge in [-0.1, -0.05) is 0 Å². The molecule has 1 aliphatic carbocycles. The molecule has 0 aromatic carbocycles. The lowest BCUT2D eigenvalue weighted by Gasteiger charge is -2.27. The Hall–Kier alpha value is -4.66. The smallest absolute Gasteiger partial charge is 0.311 e. The predicted octanol–water partition coefficient (Wildman–Crippen LogP) is 3.40. The van der Waals surface area contributed by atoms with Crippen molar-refractivity contribution in [1.29, 1.82) is 0 Å². The maximum absolute atomic E-state index is 13.9. The third kappa shape index (κ3) is 4.80. The van der Waals surface area contributed by atoms with Crippen LogP contribution in [0.25, 0.3) is 22.2 Å². The van der Waals surface area contributed by atoms with E-state index in [1.165, 1.54) is 22.6 Å². The highest BCUT2D eigenvalue weighted by molar-refractivity contribution is 9.10. The number of hydrogen-bond acceptors (Lipinski definition) is 9. The van der Waals surface area contributed by atoms with Gasteiger partial charge in [-0.05, 0) is 67.2 Å². The zero-order valence-corrected chi connectivity index (χ0v) is 25.6. The fourth-order valence-corrected chi connectivity index (χ4v) is 6.24. The molecule has 1 saturated heterocycles. The van der Waals surface area contributed by atoms with Crippen LogP contribution in [0.5, 0.6) is 0 Å². The van der Waals surface area contributed by atoms with Crippen molar-refractivity contribution >= 4 is 56.2 Å². The van der Waals surface area contributed by atoms with E-state index in [1.54, 1.807) is 39.2 Å². The van der Waals surface area contributed by atoms with E-state index in [0.717, 1.165) is 0 Å². The minimum absolute atomic E-state index is 0.0845. The van der Waals surface area contributed by atoms with Crippen molar-refractivity contribution in [3.05, 3.63) is 57.7 Å². The van der Waals surface area contributed by atoms with Crippen LogP contribution in [0.4, 0.5) is 10.2 Å². The summed E-state index contributed by atoms with van der Waals surface area (Å²) in [6.07, 6.45) is 3.37. The van der Waals surface area contributed by atoms with Gasteiger partial charge in [-0.15, -0.1) is 0 Å². The second-order valence-corrected chi connectivity index (χ2v) is 11.9. The van der Waals surface area contributed by atoms with Gasteiger partial charge in [0.2, 0.25) is 11.8 Å². The first-order valence-electron chi connectivity index (χ1n) is 13.7. The van der Waals surface area contributed by atoms with Crippen LogP contribution in [0.2, 0.25) is 0 Å². The lowest BCUT2D eigenvalue weighted by Crippen LogP contribution is -2.47. The van der Waals surface area contributed by atoms with E-state index in [-0.39, 0.29) is 41.3 Å². The van der Waals surface area contributed by atoms with E-state index in [1.807, 2.05) is 0 Å². The van der Waals surface area contributed by atoms with Crippen molar-refractivity contribution in [3.63, 3.8) is 0 Å². The number of ketones is 1. The number of halogens is 2. The molecule has 1 saturated carbocycles. The fourth-order valence-electron chi connectivity index (χ4n) is 5.95. The van der Waals surface area contributed by atoms with Gasteiger partial charge in [0.1, 0.15) is 34.5 Å². The Morgan fingerprint density at radius 2 is 1.82 bits per heavy atom. The minimum atomic E-state index is -1.25. The van der Waals surface area contributed by atoms with E-state index in [0.29, 0.717) is 39.2 Å². The Kier molecular flexibility index (Phi) is 7.02. The number of fused-ring (bicyclic) bond motifs is 2. The topological polar surface area (TPSA) is 173 Å². The lowest BCUT2D eigenvalue weighted by molar-refractivity contribution is -0.143. The molecular formula is C29H26BrFN8O5. The standard InChI is InChI=1S/C29H26BrFN8O5/c1-12-5-18(31)25(30)35-26(12)36-27(42)20-7-29(28(43)44)8-21(29)39(20)22(41)11-38-24-13(2)34-19(16-9-32-15(4)33-10-16)6-17(24)23(37-38)14(3)40/h5-6,9-10,20-21H,7-8,11H2,1-4H3,(H,43,44)(H,35,36,42)/t20-,21+,29+/m0/s1. The summed E-state index contributed by atoms with van der Waals surface area (Å²) in [7, 11) is 0. The van der Waals surface area contributed by atoms with Crippen molar-refractivity contribution in [2.75, 3.05) is 5.32 Å². The number of likely N-dealkylation sites (tertiary alicyclic amines) is 1. The van der Waals surface area contributed by atoms with E-state index in [4.69, 9.17) is 0 Å². The SMILES string of the molecule is CC(=O)c1nn(CC(=O)N2[C@H](C(=O)Nc3nc(Br)c(F)cc3C)C[C@@]3(C(=O)O)C[C@@H]23)c2c(C)nc(-c3cnc(C)nc3)cc12. The number of carboxylic acids is 1. The highest BCUT2D eigenvalue weighted by atomic mass is 79.9. The average molecular weight is 665 g/mol. The molecule has 2 N–H and O–H groups in total. The van der Waals surface area contributed by atoms with Crippen LogP contribution in [0, 0.1) is 32.0 Å². The first-order chi connectivity index (χ1) is 20.8. The molecule has 1 aliphatic heterocycles. The number of nitrogens with zero attached hydrogens (tertiary/aromatic N) is 7. The molecule has 15 heteroatoms. The number of carbonyl (C=O) groups excluding carboxylic acids is 3. The second-order valence-electron chi connectivity index (χ2n) is 11.2. The van der Waals surface area contributed by atoms with Crippen LogP contribution >= 0.6 is 15.9 Å². The number of piperidine rings is 1. The Morgan fingerprint density at radius 1 is 1.11 bits per heavy atom. The van der Waals surface area contributed by atoms with Gasteiger partial charge in [0.25, 0.3) is 0 Å². The van der Waals surface area contributed by atoms with Gasteiger partial charge in [-0.25, -0.2) is 19.3 Å². The summed E-state index contributed by atoms with van der Waals surface area (Å²) < 4.78 is 15.2. The molecule has 226 valence electrons. The monoisotopic (exact) mass is 664 g/mol. The molecule has 5 heterocycles. The fraction of sp³-hybridized carbons (Fsp3) is 0.345. The Labute approximate surface area is 258 Å². The highest BCUT2D eigenvalue weighted by Gasteiger charge is 2.71. The number of carboxylic acid groups (broad SMARTS) is 1. The molecule has 0 radical (unpaired) electrons. The average Bonchev–Trinajstić information content (AvgIpc) is 3.40. The van der Waals surface area contributed by atoms with E-state index in [9.17, 15) is 28.7 Å². The number of aryl methyl sites for hydroxylation is 3. The molecule has 44 heavy (non-hydrogen) atoms. The third-order valence-electron chi connectivity index (χ3n) is 8.24. The predicted molar refractivity (Wildman–Crippen MR) is 157 cm³/mol. The molecule has 0 unspecified atom stereocenters. The van der Waals surface area contributed by atoms with Crippen molar-refractivity contribution < 1.29 is 28.7 Å². The highest BCUT2D eigenvalue weighted by Crippen LogP contribution is 2.60. The van der Waals surface area contributed by atoms with Crippen molar-refractivity contribution in [3.8, 4) is 11.3 Å². The number of anilines is 1. The Morgan fingerprint density at radius 3 is 2.48 bits per heavy atom. The number of amides is 2.